The van der Waals surface area contributed by atoms with Crippen LogP contribution < -0.4 is 5.32 Å². The molecule has 2 aromatic carbocycles. The van der Waals surface area contributed by atoms with Crippen LogP contribution in [0.15, 0.2) is 59.5 Å². The summed E-state index contributed by atoms with van der Waals surface area (Å²) >= 11 is 2.26. The van der Waals surface area contributed by atoms with Crippen LogP contribution in [-0.2, 0) is 9.84 Å². The Morgan fingerprint density at radius 3 is 2.32 bits per heavy atom. The van der Waals surface area contributed by atoms with Crippen molar-refractivity contribution in [3.63, 3.8) is 0 Å². The van der Waals surface area contributed by atoms with E-state index in [9.17, 15) is 8.42 Å². The summed E-state index contributed by atoms with van der Waals surface area (Å²) in [4.78, 5) is 0.426. The molecular weight excluding hydrogens is 445 g/mol. The van der Waals surface area contributed by atoms with Gasteiger partial charge in [0.25, 0.3) is 0 Å². The van der Waals surface area contributed by atoms with E-state index in [4.69, 9.17) is 0 Å². The maximum Gasteiger partial charge on any atom is 0.179 e. The Labute approximate surface area is 165 Å². The normalized spacial score (nSPS) is 14.2. The number of benzene rings is 2. The number of sulfone groups is 1. The van der Waals surface area contributed by atoms with Gasteiger partial charge in [0.1, 0.15) is 0 Å². The van der Waals surface area contributed by atoms with Gasteiger partial charge in [-0.25, -0.2) is 8.42 Å². The van der Waals surface area contributed by atoms with Crippen LogP contribution in [0, 0.1) is 6.92 Å². The summed E-state index contributed by atoms with van der Waals surface area (Å²) in [6.07, 6.45) is 1.86. The molecule has 0 aliphatic rings. The third-order valence-corrected chi connectivity index (χ3v) is 7.72. The summed E-state index contributed by atoms with van der Waals surface area (Å²) in [5.74, 6) is 0.199. The van der Waals surface area contributed by atoms with Crippen molar-refractivity contribution in [2.24, 2.45) is 0 Å². The zero-order chi connectivity index (χ0) is 18.3. The fourth-order valence-corrected chi connectivity index (χ4v) is 5.91. The number of halogens is 1. The fraction of sp³-hybridized carbons (Fsp3) is 0.400. The molecule has 5 heteroatoms. The molecular formula is C20H26INO2S. The second kappa shape index (κ2) is 9.69. The van der Waals surface area contributed by atoms with Gasteiger partial charge in [-0.3, -0.25) is 0 Å². The van der Waals surface area contributed by atoms with E-state index in [1.807, 2.05) is 37.3 Å². The monoisotopic (exact) mass is 471 g/mol. The van der Waals surface area contributed by atoms with Crippen molar-refractivity contribution in [1.82, 2.24) is 5.32 Å². The highest BCUT2D eigenvalue weighted by Gasteiger charge is 2.19. The Hall–Kier alpha value is -0.920. The third kappa shape index (κ3) is 6.72. The number of nitrogens with one attached hydrogen (secondary N) is 1. The first-order valence-electron chi connectivity index (χ1n) is 8.60. The van der Waals surface area contributed by atoms with E-state index < -0.39 is 9.84 Å². The van der Waals surface area contributed by atoms with Crippen molar-refractivity contribution in [2.75, 3.05) is 12.3 Å². The molecule has 0 radical (unpaired) electrons. The van der Waals surface area contributed by atoms with Gasteiger partial charge in [0, 0.05) is 9.97 Å². The number of hydrogen-bond donors (Lipinski definition) is 1. The third-order valence-electron chi connectivity index (χ3n) is 4.22. The lowest BCUT2D eigenvalue weighted by molar-refractivity contribution is 0.546. The largest absolute Gasteiger partial charge is 0.310 e. The van der Waals surface area contributed by atoms with Crippen molar-refractivity contribution in [1.29, 1.82) is 0 Å². The van der Waals surface area contributed by atoms with Gasteiger partial charge >= 0.3 is 0 Å². The number of rotatable bonds is 9. The molecule has 0 aromatic heterocycles. The van der Waals surface area contributed by atoms with Gasteiger partial charge in [-0.2, -0.15) is 0 Å². The van der Waals surface area contributed by atoms with Gasteiger partial charge < -0.3 is 5.32 Å². The topological polar surface area (TPSA) is 46.2 Å². The predicted molar refractivity (Wildman–Crippen MR) is 113 cm³/mol. The lowest BCUT2D eigenvalue weighted by atomic mass is 10.1. The highest BCUT2D eigenvalue weighted by Crippen LogP contribution is 2.19. The molecule has 2 atom stereocenters. The van der Waals surface area contributed by atoms with Crippen molar-refractivity contribution in [2.45, 2.75) is 41.6 Å². The van der Waals surface area contributed by atoms with Gasteiger partial charge in [0.15, 0.2) is 9.84 Å². The second-order valence-electron chi connectivity index (χ2n) is 6.42. The van der Waals surface area contributed by atoms with Crippen molar-refractivity contribution >= 4 is 32.4 Å². The second-order valence-corrected chi connectivity index (χ2v) is 10.2. The zero-order valence-electron chi connectivity index (χ0n) is 14.8. The summed E-state index contributed by atoms with van der Waals surface area (Å²) < 4.78 is 25.0. The van der Waals surface area contributed by atoms with E-state index in [-0.39, 0.29) is 9.68 Å². The maximum atomic E-state index is 12.5. The SMILES string of the molecule is Cc1ccc(S(=O)(=O)CC(I)CCCN[C@H](C)c2ccccc2)cc1. The molecule has 0 bridgehead atoms. The molecule has 1 unspecified atom stereocenters. The molecule has 25 heavy (non-hydrogen) atoms. The van der Waals surface area contributed by atoms with E-state index in [1.165, 1.54) is 5.56 Å². The Balaban J connectivity index is 1.75. The number of alkyl halides is 1. The highest BCUT2D eigenvalue weighted by atomic mass is 127. The highest BCUT2D eigenvalue weighted by molar-refractivity contribution is 14.1. The van der Waals surface area contributed by atoms with E-state index in [0.717, 1.165) is 24.9 Å². The summed E-state index contributed by atoms with van der Waals surface area (Å²) in [5, 5.41) is 3.50. The zero-order valence-corrected chi connectivity index (χ0v) is 17.8. The standard InChI is InChI=1S/C20H26INO2S/c1-16-10-12-20(13-11-16)25(23,24)15-19(21)9-6-14-22-17(2)18-7-4-3-5-8-18/h3-5,7-8,10-13,17,19,22H,6,9,14-15H2,1-2H3/t17-,19?/m1/s1. The van der Waals surface area contributed by atoms with E-state index >= 15 is 0 Å². The van der Waals surface area contributed by atoms with E-state index in [2.05, 4.69) is 47.0 Å². The van der Waals surface area contributed by atoms with Crippen LogP contribution >= 0.6 is 22.6 Å². The van der Waals surface area contributed by atoms with Crippen LogP contribution in [0.5, 0.6) is 0 Å². The van der Waals surface area contributed by atoms with E-state index in [0.29, 0.717) is 10.9 Å². The Morgan fingerprint density at radius 2 is 1.68 bits per heavy atom. The average Bonchev–Trinajstić information content (AvgIpc) is 2.59. The van der Waals surface area contributed by atoms with Gasteiger partial charge in [-0.15, -0.1) is 0 Å². The summed E-state index contributed by atoms with van der Waals surface area (Å²) in [6.45, 7) is 5.00. The van der Waals surface area contributed by atoms with Crippen LogP contribution in [0.25, 0.3) is 0 Å². The molecule has 0 aliphatic carbocycles. The predicted octanol–water partition coefficient (Wildman–Crippen LogP) is 4.70. The molecule has 136 valence electrons. The number of hydrogen-bond acceptors (Lipinski definition) is 3. The molecule has 0 spiro atoms. The molecule has 2 aromatic rings. The van der Waals surface area contributed by atoms with Crippen molar-refractivity contribution in [3.05, 3.63) is 65.7 Å². The quantitative estimate of drug-likeness (QED) is 0.328. The molecule has 0 saturated heterocycles. The minimum Gasteiger partial charge on any atom is -0.310 e. The van der Waals surface area contributed by atoms with Crippen LogP contribution in [0.1, 0.15) is 36.9 Å². The van der Waals surface area contributed by atoms with Crippen LogP contribution in [0.3, 0.4) is 0 Å². The summed E-state index contributed by atoms with van der Waals surface area (Å²) in [7, 11) is -3.20. The molecule has 0 fully saturated rings. The van der Waals surface area contributed by atoms with Gasteiger partial charge in [-0.05, 0) is 50.9 Å². The van der Waals surface area contributed by atoms with Crippen LogP contribution in [-0.4, -0.2) is 24.6 Å². The first kappa shape index (κ1) is 20.4. The van der Waals surface area contributed by atoms with Crippen molar-refractivity contribution < 1.29 is 8.42 Å². The molecule has 0 amide bonds. The minimum absolute atomic E-state index is 0.123. The Morgan fingerprint density at radius 1 is 1.04 bits per heavy atom. The molecule has 1 N–H and O–H groups in total. The lowest BCUT2D eigenvalue weighted by Gasteiger charge is -2.15. The first-order valence-corrected chi connectivity index (χ1v) is 11.5. The minimum atomic E-state index is -3.20. The van der Waals surface area contributed by atoms with Gasteiger partial charge in [0.2, 0.25) is 0 Å². The fourth-order valence-electron chi connectivity index (χ4n) is 2.66. The average molecular weight is 471 g/mol. The van der Waals surface area contributed by atoms with Gasteiger partial charge in [-0.1, -0.05) is 70.6 Å². The summed E-state index contributed by atoms with van der Waals surface area (Å²) in [6, 6.07) is 17.8. The molecule has 0 heterocycles. The number of aryl methyl sites for hydroxylation is 1. The van der Waals surface area contributed by atoms with Crippen LogP contribution in [0.2, 0.25) is 0 Å². The lowest BCUT2D eigenvalue weighted by Crippen LogP contribution is -2.22. The van der Waals surface area contributed by atoms with Crippen molar-refractivity contribution in [3.8, 4) is 0 Å². The maximum absolute atomic E-state index is 12.5. The molecule has 2 rings (SSSR count). The Bertz CT molecular complexity index is 745. The summed E-state index contributed by atoms with van der Waals surface area (Å²) in [5.41, 5.74) is 2.35. The van der Waals surface area contributed by atoms with Gasteiger partial charge in [0.05, 0.1) is 10.6 Å². The first-order chi connectivity index (χ1) is 11.9. The molecule has 0 saturated carbocycles. The van der Waals surface area contributed by atoms with E-state index in [1.54, 1.807) is 12.1 Å². The Kier molecular flexibility index (Phi) is 7.90. The smallest absolute Gasteiger partial charge is 0.179 e. The molecule has 3 nitrogen and oxygen atoms in total. The van der Waals surface area contributed by atoms with Crippen LogP contribution in [0.4, 0.5) is 0 Å². The molecule has 0 aliphatic heterocycles.